The van der Waals surface area contributed by atoms with Gasteiger partial charge in [0.05, 0.1) is 7.11 Å². The molecule has 1 atom stereocenters. The molecule has 0 aliphatic rings. The van der Waals surface area contributed by atoms with E-state index in [-0.39, 0.29) is 0 Å². The van der Waals surface area contributed by atoms with Crippen LogP contribution < -0.4 is 0 Å². The van der Waals surface area contributed by atoms with E-state index >= 15 is 0 Å². The first-order valence-electron chi connectivity index (χ1n) is 5.64. The monoisotopic (exact) mass is 236 g/mol. The number of aliphatic hydroxyl groups is 1. The van der Waals surface area contributed by atoms with Crippen molar-refractivity contribution in [1.29, 1.82) is 0 Å². The average molecular weight is 236 g/mol. The summed E-state index contributed by atoms with van der Waals surface area (Å²) in [5.41, 5.74) is 2.53. The van der Waals surface area contributed by atoms with Crippen LogP contribution in [0, 0.1) is 13.8 Å². The number of aliphatic hydroxyl groups excluding tert-OH is 1. The minimum absolute atomic E-state index is 0.602. The van der Waals surface area contributed by atoms with Gasteiger partial charge in [-0.3, -0.25) is 0 Å². The van der Waals surface area contributed by atoms with Crippen LogP contribution in [0.5, 0.6) is 0 Å². The normalized spacial score (nSPS) is 13.3. The molecule has 3 nitrogen and oxygen atoms in total. The van der Waals surface area contributed by atoms with Crippen molar-refractivity contribution in [2.45, 2.75) is 39.2 Å². The number of aryl methyl sites for hydroxylation is 2. The highest BCUT2D eigenvalue weighted by atomic mass is 16.5. The Hall–Kier alpha value is -1.35. The number of hydrogen-bond donors (Lipinski definition) is 1. The lowest BCUT2D eigenvalue weighted by molar-refractivity contribution is -0.153. The molecule has 0 heterocycles. The van der Waals surface area contributed by atoms with E-state index in [9.17, 15) is 9.90 Å². The molecule has 94 valence electrons. The largest absolute Gasteiger partial charge is 0.467 e. The summed E-state index contributed by atoms with van der Waals surface area (Å²) in [6, 6.07) is 5.98. The van der Waals surface area contributed by atoms with Gasteiger partial charge >= 0.3 is 5.97 Å². The summed E-state index contributed by atoms with van der Waals surface area (Å²) < 4.78 is 4.59. The maximum absolute atomic E-state index is 11.4. The van der Waals surface area contributed by atoms with E-state index < -0.39 is 17.5 Å². The molecule has 0 aliphatic heterocycles. The van der Waals surface area contributed by atoms with E-state index in [4.69, 9.17) is 0 Å². The smallest absolute Gasteiger partial charge is 0.335 e. The lowest BCUT2D eigenvalue weighted by atomic mass is 9.77. The van der Waals surface area contributed by atoms with Crippen molar-refractivity contribution < 1.29 is 14.6 Å². The topological polar surface area (TPSA) is 46.5 Å². The quantitative estimate of drug-likeness (QED) is 0.818. The lowest BCUT2D eigenvalue weighted by Gasteiger charge is -2.30. The van der Waals surface area contributed by atoms with Crippen LogP contribution in [-0.4, -0.2) is 24.3 Å². The van der Waals surface area contributed by atoms with Gasteiger partial charge in [0.1, 0.15) is 0 Å². The van der Waals surface area contributed by atoms with Crippen molar-refractivity contribution in [2.75, 3.05) is 7.11 Å². The van der Waals surface area contributed by atoms with E-state index in [1.165, 1.54) is 7.11 Å². The van der Waals surface area contributed by atoms with Crippen molar-refractivity contribution in [3.63, 3.8) is 0 Å². The first-order valence-corrected chi connectivity index (χ1v) is 5.64. The van der Waals surface area contributed by atoms with Crippen molar-refractivity contribution in [3.8, 4) is 0 Å². The Bertz CT molecular complexity index is 421. The fourth-order valence-corrected chi connectivity index (χ4v) is 2.09. The minimum atomic E-state index is -1.16. The summed E-state index contributed by atoms with van der Waals surface area (Å²) in [5.74, 6) is -0.602. The van der Waals surface area contributed by atoms with E-state index in [0.717, 1.165) is 16.7 Å². The summed E-state index contributed by atoms with van der Waals surface area (Å²) >= 11 is 0. The van der Waals surface area contributed by atoms with Crippen molar-refractivity contribution in [3.05, 3.63) is 34.9 Å². The Morgan fingerprint density at radius 3 is 2.41 bits per heavy atom. The molecule has 0 saturated heterocycles. The average Bonchev–Trinajstić information content (AvgIpc) is 2.26. The molecule has 1 aromatic carbocycles. The summed E-state index contributed by atoms with van der Waals surface area (Å²) in [7, 11) is 1.28. The van der Waals surface area contributed by atoms with Gasteiger partial charge in [-0.15, -0.1) is 0 Å². The molecular formula is C14H20O3. The second-order valence-corrected chi connectivity index (χ2v) is 4.97. The number of hydrogen-bond acceptors (Lipinski definition) is 3. The zero-order valence-corrected chi connectivity index (χ0v) is 11.1. The van der Waals surface area contributed by atoms with Crippen LogP contribution in [-0.2, 0) is 14.9 Å². The van der Waals surface area contributed by atoms with Crippen LogP contribution in [0.2, 0.25) is 0 Å². The number of carbonyl (C=O) groups is 1. The first kappa shape index (κ1) is 13.7. The number of carbonyl (C=O) groups excluding carboxylic acids is 1. The van der Waals surface area contributed by atoms with Crippen LogP contribution in [0.1, 0.15) is 30.5 Å². The lowest BCUT2D eigenvalue weighted by Crippen LogP contribution is -2.41. The molecule has 17 heavy (non-hydrogen) atoms. The number of benzene rings is 1. The molecule has 0 saturated carbocycles. The predicted molar refractivity (Wildman–Crippen MR) is 67.0 cm³/mol. The van der Waals surface area contributed by atoms with Gasteiger partial charge in [-0.1, -0.05) is 37.6 Å². The number of esters is 1. The van der Waals surface area contributed by atoms with Gasteiger partial charge in [0, 0.05) is 5.41 Å². The van der Waals surface area contributed by atoms with Crippen molar-refractivity contribution >= 4 is 5.97 Å². The zero-order chi connectivity index (χ0) is 13.2. The summed E-state index contributed by atoms with van der Waals surface area (Å²) in [5, 5.41) is 10.0. The van der Waals surface area contributed by atoms with Gasteiger partial charge in [-0.05, 0) is 25.0 Å². The second kappa shape index (κ2) is 4.88. The van der Waals surface area contributed by atoms with Gasteiger partial charge in [0.25, 0.3) is 0 Å². The SMILES string of the molecule is COC(=O)C(O)C(C)(C)c1ccc(C)cc1C. The molecule has 0 aromatic heterocycles. The van der Waals surface area contributed by atoms with Crippen LogP contribution in [0.15, 0.2) is 18.2 Å². The highest BCUT2D eigenvalue weighted by Crippen LogP contribution is 2.30. The highest BCUT2D eigenvalue weighted by Gasteiger charge is 2.36. The maximum atomic E-state index is 11.4. The Kier molecular flexibility index (Phi) is 3.94. The third-order valence-corrected chi connectivity index (χ3v) is 3.18. The fourth-order valence-electron chi connectivity index (χ4n) is 2.09. The van der Waals surface area contributed by atoms with E-state index in [2.05, 4.69) is 4.74 Å². The molecule has 0 aliphatic carbocycles. The molecule has 0 spiro atoms. The molecule has 0 bridgehead atoms. The standard InChI is InChI=1S/C14H20O3/c1-9-6-7-11(10(2)8-9)14(3,4)12(15)13(16)17-5/h6-8,12,15H,1-5H3. The second-order valence-electron chi connectivity index (χ2n) is 4.97. The van der Waals surface area contributed by atoms with E-state index in [0.29, 0.717) is 0 Å². The maximum Gasteiger partial charge on any atom is 0.335 e. The van der Waals surface area contributed by atoms with Gasteiger partial charge in [-0.25, -0.2) is 4.79 Å². The summed E-state index contributed by atoms with van der Waals surface area (Å²) in [4.78, 5) is 11.4. The Labute approximate surface area is 102 Å². The van der Waals surface area contributed by atoms with Crippen LogP contribution in [0.25, 0.3) is 0 Å². The van der Waals surface area contributed by atoms with Crippen LogP contribution in [0.4, 0.5) is 0 Å². The summed E-state index contributed by atoms with van der Waals surface area (Å²) in [6.07, 6.45) is -1.16. The molecule has 0 fully saturated rings. The third kappa shape index (κ3) is 2.67. The summed E-state index contributed by atoms with van der Waals surface area (Å²) in [6.45, 7) is 7.67. The number of ether oxygens (including phenoxy) is 1. The number of rotatable bonds is 3. The Morgan fingerprint density at radius 1 is 1.35 bits per heavy atom. The molecule has 1 N–H and O–H groups in total. The first-order chi connectivity index (χ1) is 7.80. The van der Waals surface area contributed by atoms with Crippen LogP contribution >= 0.6 is 0 Å². The van der Waals surface area contributed by atoms with Crippen molar-refractivity contribution in [1.82, 2.24) is 0 Å². The predicted octanol–water partition coefficient (Wildman–Crippen LogP) is 2.11. The highest BCUT2D eigenvalue weighted by molar-refractivity contribution is 5.76. The molecule has 3 heteroatoms. The Balaban J connectivity index is 3.16. The molecule has 0 radical (unpaired) electrons. The molecular weight excluding hydrogens is 216 g/mol. The molecule has 1 aromatic rings. The van der Waals surface area contributed by atoms with Crippen molar-refractivity contribution in [2.24, 2.45) is 0 Å². The molecule has 1 rings (SSSR count). The minimum Gasteiger partial charge on any atom is -0.467 e. The van der Waals surface area contributed by atoms with Gasteiger partial charge in [0.2, 0.25) is 0 Å². The van der Waals surface area contributed by atoms with E-state index in [1.54, 1.807) is 0 Å². The number of methoxy groups -OCH3 is 1. The zero-order valence-electron chi connectivity index (χ0n) is 11.1. The van der Waals surface area contributed by atoms with Gasteiger partial charge < -0.3 is 9.84 Å². The van der Waals surface area contributed by atoms with E-state index in [1.807, 2.05) is 45.9 Å². The molecule has 0 amide bonds. The Morgan fingerprint density at radius 2 is 1.94 bits per heavy atom. The van der Waals surface area contributed by atoms with Gasteiger partial charge in [0.15, 0.2) is 6.10 Å². The molecule has 1 unspecified atom stereocenters. The van der Waals surface area contributed by atoms with Crippen LogP contribution in [0.3, 0.4) is 0 Å². The van der Waals surface area contributed by atoms with Gasteiger partial charge in [-0.2, -0.15) is 0 Å². The fraction of sp³-hybridized carbons (Fsp3) is 0.500. The third-order valence-electron chi connectivity index (χ3n) is 3.18.